The Kier molecular flexibility index (Phi) is 7.88. The molecule has 0 spiro atoms. The molecule has 2 unspecified atom stereocenters. The minimum atomic E-state index is 0.0589. The Hall–Kier alpha value is -0.220. The second-order valence-electron chi connectivity index (χ2n) is 3.79. The van der Waals surface area contributed by atoms with Gasteiger partial charge in [-0.15, -0.1) is 11.8 Å². The van der Waals surface area contributed by atoms with Gasteiger partial charge in [-0.2, -0.15) is 0 Å². The average molecular weight is 232 g/mol. The number of amides is 1. The highest BCUT2D eigenvalue weighted by atomic mass is 32.2. The molecule has 0 rings (SSSR count). The second-order valence-corrected chi connectivity index (χ2v) is 5.24. The van der Waals surface area contributed by atoms with E-state index in [-0.39, 0.29) is 17.2 Å². The van der Waals surface area contributed by atoms with E-state index in [1.165, 1.54) is 0 Å². The summed E-state index contributed by atoms with van der Waals surface area (Å²) in [6, 6.07) is 0.230. The number of hydrogen-bond acceptors (Lipinski definition) is 3. The summed E-state index contributed by atoms with van der Waals surface area (Å²) in [6.45, 7) is 9.60. The summed E-state index contributed by atoms with van der Waals surface area (Å²) in [7, 11) is 0. The molecule has 0 radical (unpaired) electrons. The van der Waals surface area contributed by atoms with Crippen molar-refractivity contribution in [2.45, 2.75) is 45.4 Å². The number of carbonyl (C=O) groups excluding carboxylic acids is 1. The van der Waals surface area contributed by atoms with Crippen LogP contribution in [0.15, 0.2) is 0 Å². The predicted octanol–water partition coefficient (Wildman–Crippen LogP) is 1.71. The van der Waals surface area contributed by atoms with E-state index in [2.05, 4.69) is 0 Å². The first-order chi connectivity index (χ1) is 7.02. The minimum absolute atomic E-state index is 0.0589. The molecule has 2 atom stereocenters. The van der Waals surface area contributed by atoms with Crippen molar-refractivity contribution in [3.63, 3.8) is 0 Å². The van der Waals surface area contributed by atoms with E-state index in [1.54, 1.807) is 11.8 Å². The van der Waals surface area contributed by atoms with Crippen LogP contribution in [0.3, 0.4) is 0 Å². The highest BCUT2D eigenvalue weighted by Gasteiger charge is 2.17. The second kappa shape index (κ2) is 7.99. The number of nitrogens with zero attached hydrogens (tertiary/aromatic N) is 1. The molecule has 1 amide bonds. The van der Waals surface area contributed by atoms with Crippen LogP contribution in [-0.4, -0.2) is 40.9 Å². The van der Waals surface area contributed by atoms with Crippen LogP contribution in [0, 0.1) is 0 Å². The molecule has 0 heterocycles. The van der Waals surface area contributed by atoms with Crippen molar-refractivity contribution in [1.82, 2.24) is 4.90 Å². The van der Waals surface area contributed by atoms with Crippen molar-refractivity contribution in [3.8, 4) is 0 Å². The van der Waals surface area contributed by atoms with Gasteiger partial charge in [-0.3, -0.25) is 4.79 Å². The number of carbonyl (C=O) groups is 1. The highest BCUT2D eigenvalue weighted by molar-refractivity contribution is 8.00. The van der Waals surface area contributed by atoms with Gasteiger partial charge in [0.05, 0.1) is 5.25 Å². The van der Waals surface area contributed by atoms with Gasteiger partial charge < -0.3 is 10.6 Å². The first-order valence-corrected chi connectivity index (χ1v) is 6.73. The Morgan fingerprint density at radius 1 is 1.33 bits per heavy atom. The summed E-state index contributed by atoms with van der Waals surface area (Å²) in [4.78, 5) is 13.7. The summed E-state index contributed by atoms with van der Waals surface area (Å²) in [6.07, 6.45) is 0.973. The highest BCUT2D eigenvalue weighted by Crippen LogP contribution is 2.14. The van der Waals surface area contributed by atoms with Gasteiger partial charge in [-0.1, -0.05) is 0 Å². The van der Waals surface area contributed by atoms with Crippen LogP contribution in [0.25, 0.3) is 0 Å². The van der Waals surface area contributed by atoms with Crippen molar-refractivity contribution in [3.05, 3.63) is 0 Å². The fourth-order valence-corrected chi connectivity index (χ4v) is 2.45. The van der Waals surface area contributed by atoms with Crippen LogP contribution < -0.4 is 5.73 Å². The molecule has 0 fully saturated rings. The van der Waals surface area contributed by atoms with Crippen molar-refractivity contribution in [2.24, 2.45) is 5.73 Å². The Balaban J connectivity index is 3.87. The third kappa shape index (κ3) is 6.05. The van der Waals surface area contributed by atoms with Crippen molar-refractivity contribution in [2.75, 3.05) is 18.8 Å². The summed E-state index contributed by atoms with van der Waals surface area (Å²) in [5, 5.41) is 0.0589. The Bertz CT molecular complexity index is 181. The van der Waals surface area contributed by atoms with E-state index in [4.69, 9.17) is 5.73 Å². The SMILES string of the molecule is CCN(CC)C(=O)C(C)SCCC(C)N. The largest absolute Gasteiger partial charge is 0.342 e. The van der Waals surface area contributed by atoms with E-state index in [0.717, 1.165) is 25.3 Å². The zero-order valence-corrected chi connectivity index (χ0v) is 11.1. The number of rotatable bonds is 7. The lowest BCUT2D eigenvalue weighted by molar-refractivity contribution is -0.129. The summed E-state index contributed by atoms with van der Waals surface area (Å²) >= 11 is 1.70. The molecule has 4 heteroatoms. The zero-order chi connectivity index (χ0) is 11.8. The lowest BCUT2D eigenvalue weighted by Gasteiger charge is -2.22. The van der Waals surface area contributed by atoms with Gasteiger partial charge in [-0.05, 0) is 39.9 Å². The van der Waals surface area contributed by atoms with E-state index >= 15 is 0 Å². The standard InChI is InChI=1S/C11H24N2OS/c1-5-13(6-2)11(14)10(4)15-8-7-9(3)12/h9-10H,5-8,12H2,1-4H3. The van der Waals surface area contributed by atoms with Crippen molar-refractivity contribution in [1.29, 1.82) is 0 Å². The van der Waals surface area contributed by atoms with Crippen molar-refractivity contribution >= 4 is 17.7 Å². The van der Waals surface area contributed by atoms with Crippen LogP contribution >= 0.6 is 11.8 Å². The fraction of sp³-hybridized carbons (Fsp3) is 0.909. The molecule has 0 bridgehead atoms. The smallest absolute Gasteiger partial charge is 0.235 e. The molecule has 90 valence electrons. The van der Waals surface area contributed by atoms with Gasteiger partial charge in [0.25, 0.3) is 0 Å². The van der Waals surface area contributed by atoms with E-state index in [0.29, 0.717) is 0 Å². The topological polar surface area (TPSA) is 46.3 Å². The molecule has 0 aliphatic rings. The molecular weight excluding hydrogens is 208 g/mol. The lowest BCUT2D eigenvalue weighted by Crippen LogP contribution is -2.36. The summed E-state index contributed by atoms with van der Waals surface area (Å²) in [5.41, 5.74) is 5.66. The molecule has 0 saturated carbocycles. The third-order valence-corrected chi connectivity index (χ3v) is 3.54. The monoisotopic (exact) mass is 232 g/mol. The molecule has 0 aromatic carbocycles. The van der Waals surface area contributed by atoms with Gasteiger partial charge >= 0.3 is 0 Å². The van der Waals surface area contributed by atoms with Gasteiger partial charge in [0, 0.05) is 19.1 Å². The van der Waals surface area contributed by atoms with E-state index < -0.39 is 0 Å². The van der Waals surface area contributed by atoms with Crippen LogP contribution in [-0.2, 0) is 4.79 Å². The molecule has 0 aromatic heterocycles. The van der Waals surface area contributed by atoms with Gasteiger partial charge in [0.15, 0.2) is 0 Å². The molecule has 0 aromatic rings. The quantitative estimate of drug-likeness (QED) is 0.727. The maximum absolute atomic E-state index is 11.9. The minimum Gasteiger partial charge on any atom is -0.342 e. The molecule has 2 N–H and O–H groups in total. The maximum atomic E-state index is 11.9. The Morgan fingerprint density at radius 2 is 1.87 bits per heavy atom. The molecule has 3 nitrogen and oxygen atoms in total. The Morgan fingerprint density at radius 3 is 2.27 bits per heavy atom. The van der Waals surface area contributed by atoms with E-state index in [1.807, 2.05) is 32.6 Å². The first-order valence-electron chi connectivity index (χ1n) is 5.68. The molecule has 0 saturated heterocycles. The molecule has 0 aliphatic carbocycles. The van der Waals surface area contributed by atoms with Crippen molar-refractivity contribution < 1.29 is 4.79 Å². The summed E-state index contributed by atoms with van der Waals surface area (Å²) < 4.78 is 0. The third-order valence-electron chi connectivity index (χ3n) is 2.36. The normalized spacial score (nSPS) is 14.7. The van der Waals surface area contributed by atoms with Crippen LogP contribution in [0.1, 0.15) is 34.1 Å². The fourth-order valence-electron chi connectivity index (χ4n) is 1.29. The van der Waals surface area contributed by atoms with Crippen LogP contribution in [0.4, 0.5) is 0 Å². The lowest BCUT2D eigenvalue weighted by atomic mass is 10.3. The maximum Gasteiger partial charge on any atom is 0.235 e. The predicted molar refractivity (Wildman–Crippen MR) is 68.1 cm³/mol. The van der Waals surface area contributed by atoms with Gasteiger partial charge in [-0.25, -0.2) is 0 Å². The zero-order valence-electron chi connectivity index (χ0n) is 10.3. The van der Waals surface area contributed by atoms with Crippen LogP contribution in [0.5, 0.6) is 0 Å². The van der Waals surface area contributed by atoms with E-state index in [9.17, 15) is 4.79 Å². The number of thioether (sulfide) groups is 1. The molecule has 15 heavy (non-hydrogen) atoms. The average Bonchev–Trinajstić information content (AvgIpc) is 2.18. The molecular formula is C11H24N2OS. The Labute approximate surface area is 97.8 Å². The number of hydrogen-bond donors (Lipinski definition) is 1. The molecule has 0 aliphatic heterocycles. The first kappa shape index (κ1) is 14.8. The summed E-state index contributed by atoms with van der Waals surface area (Å²) in [5.74, 6) is 1.21. The number of nitrogens with two attached hydrogens (primary N) is 1. The van der Waals surface area contributed by atoms with Gasteiger partial charge in [0.2, 0.25) is 5.91 Å². The van der Waals surface area contributed by atoms with Gasteiger partial charge in [0.1, 0.15) is 0 Å². The van der Waals surface area contributed by atoms with Crippen LogP contribution in [0.2, 0.25) is 0 Å².